The Morgan fingerprint density at radius 1 is 1.54 bits per heavy atom. The van der Waals surface area contributed by atoms with E-state index in [0.29, 0.717) is 11.6 Å². The molecule has 0 amide bonds. The summed E-state index contributed by atoms with van der Waals surface area (Å²) in [5.41, 5.74) is 1.13. The van der Waals surface area contributed by atoms with Crippen LogP contribution in [0.1, 0.15) is 13.3 Å². The van der Waals surface area contributed by atoms with Crippen molar-refractivity contribution in [2.75, 3.05) is 6.61 Å². The summed E-state index contributed by atoms with van der Waals surface area (Å²) in [5, 5.41) is 0.702. The molecule has 0 saturated carbocycles. The van der Waals surface area contributed by atoms with E-state index in [1.54, 1.807) is 6.07 Å². The van der Waals surface area contributed by atoms with E-state index in [1.165, 1.54) is 0 Å². The monoisotopic (exact) mass is 196 g/mol. The van der Waals surface area contributed by atoms with Crippen LogP contribution in [0.4, 0.5) is 0 Å². The lowest BCUT2D eigenvalue weighted by Gasteiger charge is -2.05. The zero-order chi connectivity index (χ0) is 9.68. The van der Waals surface area contributed by atoms with Crippen LogP contribution in [0.15, 0.2) is 36.4 Å². The number of rotatable bonds is 4. The third-order valence-corrected chi connectivity index (χ3v) is 1.83. The molecule has 0 atom stereocenters. The average molecular weight is 197 g/mol. The van der Waals surface area contributed by atoms with Crippen LogP contribution in [0.3, 0.4) is 0 Å². The summed E-state index contributed by atoms with van der Waals surface area (Å²) in [6.07, 6.45) is 0.881. The molecule has 13 heavy (non-hydrogen) atoms. The van der Waals surface area contributed by atoms with Crippen LogP contribution in [-0.4, -0.2) is 6.61 Å². The van der Waals surface area contributed by atoms with E-state index < -0.39 is 0 Å². The van der Waals surface area contributed by atoms with Gasteiger partial charge >= 0.3 is 0 Å². The van der Waals surface area contributed by atoms with Gasteiger partial charge in [0.2, 0.25) is 0 Å². The summed E-state index contributed by atoms with van der Waals surface area (Å²) in [7, 11) is 0. The maximum Gasteiger partial charge on any atom is 0.120 e. The minimum atomic E-state index is 0.662. The van der Waals surface area contributed by atoms with Gasteiger partial charge in [-0.15, -0.1) is 6.58 Å². The predicted molar refractivity (Wildman–Crippen MR) is 56.4 cm³/mol. The molecule has 0 aliphatic rings. The Balaban J connectivity index is 2.41. The molecule has 0 heterocycles. The Morgan fingerprint density at radius 3 is 2.92 bits per heavy atom. The van der Waals surface area contributed by atoms with Crippen LogP contribution in [0.25, 0.3) is 0 Å². The van der Waals surface area contributed by atoms with Gasteiger partial charge in [-0.3, -0.25) is 0 Å². The van der Waals surface area contributed by atoms with Crippen molar-refractivity contribution in [1.29, 1.82) is 0 Å². The molecule has 2 heteroatoms. The summed E-state index contributed by atoms with van der Waals surface area (Å²) in [5.74, 6) is 0.814. The van der Waals surface area contributed by atoms with Crippen molar-refractivity contribution in [1.82, 2.24) is 0 Å². The summed E-state index contributed by atoms with van der Waals surface area (Å²) >= 11 is 5.79. The van der Waals surface area contributed by atoms with E-state index in [-0.39, 0.29) is 0 Å². The van der Waals surface area contributed by atoms with Gasteiger partial charge in [0.25, 0.3) is 0 Å². The predicted octanol–water partition coefficient (Wildman–Crippen LogP) is 3.69. The fraction of sp³-hybridized carbons (Fsp3) is 0.273. The maximum absolute atomic E-state index is 5.79. The Bertz CT molecular complexity index is 294. The van der Waals surface area contributed by atoms with E-state index in [9.17, 15) is 0 Å². The van der Waals surface area contributed by atoms with Gasteiger partial charge in [-0.1, -0.05) is 23.2 Å². The topological polar surface area (TPSA) is 9.23 Å². The maximum atomic E-state index is 5.79. The van der Waals surface area contributed by atoms with E-state index in [1.807, 2.05) is 25.1 Å². The van der Waals surface area contributed by atoms with Gasteiger partial charge in [-0.05, 0) is 25.1 Å². The molecule has 0 aliphatic heterocycles. The summed E-state index contributed by atoms with van der Waals surface area (Å²) < 4.78 is 5.45. The molecule has 0 bridgehead atoms. The lowest BCUT2D eigenvalue weighted by Crippen LogP contribution is -1.96. The van der Waals surface area contributed by atoms with Crippen molar-refractivity contribution in [2.24, 2.45) is 0 Å². The Hall–Kier alpha value is -0.950. The number of halogens is 1. The first-order chi connectivity index (χ1) is 6.18. The molecule has 0 saturated heterocycles. The van der Waals surface area contributed by atoms with Gasteiger partial charge in [0.15, 0.2) is 0 Å². The first kappa shape index (κ1) is 10.1. The summed E-state index contributed by atoms with van der Waals surface area (Å²) in [6, 6.07) is 7.40. The molecule has 0 aliphatic carbocycles. The molecule has 1 rings (SSSR count). The van der Waals surface area contributed by atoms with Crippen molar-refractivity contribution >= 4 is 11.6 Å². The molecule has 1 nitrogen and oxygen atoms in total. The van der Waals surface area contributed by atoms with Crippen molar-refractivity contribution < 1.29 is 4.74 Å². The second-order valence-corrected chi connectivity index (χ2v) is 3.45. The van der Waals surface area contributed by atoms with Crippen LogP contribution in [0.5, 0.6) is 5.75 Å². The molecule has 0 aromatic heterocycles. The molecule has 1 aromatic rings. The van der Waals surface area contributed by atoms with Crippen molar-refractivity contribution in [3.8, 4) is 5.75 Å². The average Bonchev–Trinajstić information content (AvgIpc) is 2.03. The zero-order valence-electron chi connectivity index (χ0n) is 7.72. The van der Waals surface area contributed by atoms with Crippen LogP contribution in [-0.2, 0) is 0 Å². The molecular weight excluding hydrogens is 184 g/mol. The Morgan fingerprint density at radius 2 is 2.31 bits per heavy atom. The van der Waals surface area contributed by atoms with Crippen LogP contribution >= 0.6 is 11.6 Å². The van der Waals surface area contributed by atoms with Crippen LogP contribution in [0.2, 0.25) is 5.02 Å². The van der Waals surface area contributed by atoms with Gasteiger partial charge in [-0.25, -0.2) is 0 Å². The van der Waals surface area contributed by atoms with Gasteiger partial charge < -0.3 is 4.74 Å². The minimum absolute atomic E-state index is 0.662. The molecule has 70 valence electrons. The van der Waals surface area contributed by atoms with Gasteiger partial charge in [0.1, 0.15) is 5.75 Å². The highest BCUT2D eigenvalue weighted by atomic mass is 35.5. The minimum Gasteiger partial charge on any atom is -0.493 e. The van der Waals surface area contributed by atoms with Crippen LogP contribution in [0, 0.1) is 0 Å². The number of hydrogen-bond donors (Lipinski definition) is 0. The van der Waals surface area contributed by atoms with Crippen molar-refractivity contribution in [3.05, 3.63) is 41.4 Å². The van der Waals surface area contributed by atoms with E-state index in [2.05, 4.69) is 6.58 Å². The highest BCUT2D eigenvalue weighted by Gasteiger charge is 1.94. The van der Waals surface area contributed by atoms with Crippen molar-refractivity contribution in [3.63, 3.8) is 0 Å². The lowest BCUT2D eigenvalue weighted by atomic mass is 10.2. The summed E-state index contributed by atoms with van der Waals surface area (Å²) in [6.45, 7) is 6.45. The van der Waals surface area contributed by atoms with E-state index >= 15 is 0 Å². The molecule has 0 fully saturated rings. The molecule has 0 radical (unpaired) electrons. The van der Waals surface area contributed by atoms with E-state index in [4.69, 9.17) is 16.3 Å². The SMILES string of the molecule is C=C(C)CCOc1cccc(Cl)c1. The van der Waals surface area contributed by atoms with Crippen LogP contribution < -0.4 is 4.74 Å². The molecule has 0 spiro atoms. The van der Waals surface area contributed by atoms with Gasteiger partial charge in [-0.2, -0.15) is 0 Å². The largest absolute Gasteiger partial charge is 0.493 e. The van der Waals surface area contributed by atoms with E-state index in [0.717, 1.165) is 17.7 Å². The molecule has 0 unspecified atom stereocenters. The molecule has 0 N–H and O–H groups in total. The number of hydrogen-bond acceptors (Lipinski definition) is 1. The summed E-state index contributed by atoms with van der Waals surface area (Å²) in [4.78, 5) is 0. The van der Waals surface area contributed by atoms with Gasteiger partial charge in [0, 0.05) is 11.4 Å². The smallest absolute Gasteiger partial charge is 0.120 e. The Labute approximate surface area is 84.0 Å². The quantitative estimate of drug-likeness (QED) is 0.668. The third kappa shape index (κ3) is 4.00. The fourth-order valence-corrected chi connectivity index (χ4v) is 1.08. The Kier molecular flexibility index (Phi) is 3.84. The second kappa shape index (κ2) is 4.93. The zero-order valence-corrected chi connectivity index (χ0v) is 8.47. The fourth-order valence-electron chi connectivity index (χ4n) is 0.900. The standard InChI is InChI=1S/C11H13ClO/c1-9(2)6-7-13-11-5-3-4-10(12)8-11/h3-5,8H,1,6-7H2,2H3. The molecular formula is C11H13ClO. The normalized spacial score (nSPS) is 9.69. The first-order valence-electron chi connectivity index (χ1n) is 4.21. The number of ether oxygens (including phenoxy) is 1. The second-order valence-electron chi connectivity index (χ2n) is 3.01. The number of benzene rings is 1. The van der Waals surface area contributed by atoms with Crippen molar-refractivity contribution in [2.45, 2.75) is 13.3 Å². The highest BCUT2D eigenvalue weighted by molar-refractivity contribution is 6.30. The lowest BCUT2D eigenvalue weighted by molar-refractivity contribution is 0.322. The first-order valence-corrected chi connectivity index (χ1v) is 4.59. The third-order valence-electron chi connectivity index (χ3n) is 1.59. The molecule has 1 aromatic carbocycles. The highest BCUT2D eigenvalue weighted by Crippen LogP contribution is 2.17. The van der Waals surface area contributed by atoms with Gasteiger partial charge in [0.05, 0.1) is 6.61 Å².